The topological polar surface area (TPSA) is 91.0 Å². The summed E-state index contributed by atoms with van der Waals surface area (Å²) in [5, 5.41) is 21.5. The second kappa shape index (κ2) is 11.8. The quantitative estimate of drug-likeness (QED) is 0.282. The SMILES string of the molecule is N#Cc1c(-c2ccccc2)cc(-c2cccs2)nc1SCS(=O)CCCCCC(=O)O. The molecule has 0 amide bonds. The average Bonchev–Trinajstić information content (AvgIpc) is 3.32. The third-order valence-electron chi connectivity index (χ3n) is 4.55. The van der Waals surface area contributed by atoms with E-state index in [1.54, 1.807) is 11.3 Å². The fraction of sp³-hybridized carbons (Fsp3) is 0.261. The van der Waals surface area contributed by atoms with Crippen LogP contribution >= 0.6 is 23.1 Å². The van der Waals surface area contributed by atoms with Crippen LogP contribution in [0.5, 0.6) is 0 Å². The van der Waals surface area contributed by atoms with Gasteiger partial charge < -0.3 is 5.11 Å². The number of aliphatic carboxylic acids is 1. The second-order valence-electron chi connectivity index (χ2n) is 6.80. The van der Waals surface area contributed by atoms with Crippen molar-refractivity contribution in [2.24, 2.45) is 0 Å². The summed E-state index contributed by atoms with van der Waals surface area (Å²) in [6.07, 6.45) is 2.22. The summed E-state index contributed by atoms with van der Waals surface area (Å²) in [7, 11) is -1.07. The van der Waals surface area contributed by atoms with Crippen molar-refractivity contribution in [2.45, 2.75) is 30.7 Å². The van der Waals surface area contributed by atoms with Gasteiger partial charge in [0.25, 0.3) is 0 Å². The van der Waals surface area contributed by atoms with Crippen LogP contribution in [0.4, 0.5) is 0 Å². The molecule has 0 aliphatic carbocycles. The first kappa shape index (κ1) is 23.2. The normalized spacial score (nSPS) is 11.7. The molecule has 2 heterocycles. The number of hydrogen-bond donors (Lipinski definition) is 1. The molecule has 160 valence electrons. The van der Waals surface area contributed by atoms with Gasteiger partial charge in [-0.1, -0.05) is 54.6 Å². The van der Waals surface area contributed by atoms with Gasteiger partial charge in [-0.2, -0.15) is 5.26 Å². The van der Waals surface area contributed by atoms with Gasteiger partial charge in [0, 0.05) is 28.5 Å². The number of benzene rings is 1. The Morgan fingerprint density at radius 2 is 1.97 bits per heavy atom. The minimum absolute atomic E-state index is 0.147. The Labute approximate surface area is 192 Å². The number of unbranched alkanes of at least 4 members (excludes halogenated alkanes) is 2. The van der Waals surface area contributed by atoms with E-state index in [9.17, 15) is 14.3 Å². The molecule has 0 fully saturated rings. The molecule has 0 radical (unpaired) electrons. The van der Waals surface area contributed by atoms with Crippen molar-refractivity contribution in [3.8, 4) is 27.8 Å². The molecule has 3 rings (SSSR count). The highest BCUT2D eigenvalue weighted by Gasteiger charge is 2.17. The van der Waals surface area contributed by atoms with E-state index in [0.717, 1.165) is 34.5 Å². The highest BCUT2D eigenvalue weighted by molar-refractivity contribution is 8.10. The Bertz CT molecular complexity index is 1080. The number of aromatic nitrogens is 1. The zero-order valence-electron chi connectivity index (χ0n) is 16.8. The van der Waals surface area contributed by atoms with Crippen molar-refractivity contribution in [1.29, 1.82) is 5.26 Å². The smallest absolute Gasteiger partial charge is 0.303 e. The Hall–Kier alpha value is -2.47. The summed E-state index contributed by atoms with van der Waals surface area (Å²) in [5.41, 5.74) is 3.06. The number of carbonyl (C=O) groups is 1. The van der Waals surface area contributed by atoms with Gasteiger partial charge in [-0.05, 0) is 35.9 Å². The largest absolute Gasteiger partial charge is 0.481 e. The van der Waals surface area contributed by atoms with E-state index >= 15 is 0 Å². The summed E-state index contributed by atoms with van der Waals surface area (Å²) in [4.78, 5) is 16.3. The maximum absolute atomic E-state index is 12.4. The first-order valence-corrected chi connectivity index (χ1v) is 13.2. The number of carboxylic acid groups (broad SMARTS) is 1. The molecular formula is C23H22N2O3S3. The van der Waals surface area contributed by atoms with Crippen molar-refractivity contribution in [3.05, 3.63) is 59.5 Å². The summed E-state index contributed by atoms with van der Waals surface area (Å²) in [6, 6.07) is 18.0. The van der Waals surface area contributed by atoms with E-state index in [0.29, 0.717) is 27.8 Å². The lowest BCUT2D eigenvalue weighted by Gasteiger charge is -2.12. The van der Waals surface area contributed by atoms with Crippen LogP contribution in [-0.2, 0) is 15.6 Å². The lowest BCUT2D eigenvalue weighted by Crippen LogP contribution is -2.02. The van der Waals surface area contributed by atoms with Gasteiger partial charge in [0.1, 0.15) is 11.1 Å². The van der Waals surface area contributed by atoms with Gasteiger partial charge in [-0.15, -0.1) is 11.3 Å². The van der Waals surface area contributed by atoms with Crippen LogP contribution in [0.25, 0.3) is 21.7 Å². The molecule has 1 aromatic carbocycles. The maximum Gasteiger partial charge on any atom is 0.303 e. The van der Waals surface area contributed by atoms with Crippen LogP contribution in [0.3, 0.4) is 0 Å². The zero-order chi connectivity index (χ0) is 22.1. The lowest BCUT2D eigenvalue weighted by molar-refractivity contribution is -0.137. The number of carboxylic acids is 1. The summed E-state index contributed by atoms with van der Waals surface area (Å²) in [6.45, 7) is 0. The Morgan fingerprint density at radius 3 is 2.65 bits per heavy atom. The molecule has 31 heavy (non-hydrogen) atoms. The Balaban J connectivity index is 1.77. The lowest BCUT2D eigenvalue weighted by atomic mass is 10.0. The van der Waals surface area contributed by atoms with E-state index < -0.39 is 16.8 Å². The first-order chi connectivity index (χ1) is 15.1. The standard InChI is InChI=1S/C23H22N2O3S3/c24-15-19-18(17-8-3-1-4-9-17)14-20(21-10-7-12-29-21)25-23(19)30-16-31(28)13-6-2-5-11-22(26)27/h1,3-4,7-10,12,14H,2,5-6,11,13,16H2,(H,26,27). The minimum Gasteiger partial charge on any atom is -0.481 e. The fourth-order valence-electron chi connectivity index (χ4n) is 3.03. The molecule has 1 atom stereocenters. The molecule has 3 aromatic rings. The van der Waals surface area contributed by atoms with Gasteiger partial charge in [0.15, 0.2) is 0 Å². The number of thiophene rings is 1. The van der Waals surface area contributed by atoms with Crippen LogP contribution in [0.15, 0.2) is 58.9 Å². The molecular weight excluding hydrogens is 448 g/mol. The van der Waals surface area contributed by atoms with Crippen LogP contribution in [0, 0.1) is 11.3 Å². The van der Waals surface area contributed by atoms with Crippen LogP contribution in [0.1, 0.15) is 31.2 Å². The number of pyridine rings is 1. The minimum atomic E-state index is -1.07. The molecule has 1 N–H and O–H groups in total. The third-order valence-corrected chi connectivity index (χ3v) is 8.27. The molecule has 0 spiro atoms. The highest BCUT2D eigenvalue weighted by Crippen LogP contribution is 2.35. The van der Waals surface area contributed by atoms with Crippen molar-refractivity contribution < 1.29 is 14.1 Å². The monoisotopic (exact) mass is 470 g/mol. The van der Waals surface area contributed by atoms with Crippen molar-refractivity contribution in [3.63, 3.8) is 0 Å². The molecule has 2 aromatic heterocycles. The van der Waals surface area contributed by atoms with Crippen molar-refractivity contribution >= 4 is 39.9 Å². The summed E-state index contributed by atoms with van der Waals surface area (Å²) in [5.74, 6) is -0.281. The van der Waals surface area contributed by atoms with Gasteiger partial charge in [0.05, 0.1) is 21.2 Å². The van der Waals surface area contributed by atoms with E-state index in [1.807, 2.05) is 53.9 Å². The number of rotatable bonds is 11. The molecule has 0 saturated heterocycles. The number of hydrogen-bond acceptors (Lipinski definition) is 6. The van der Waals surface area contributed by atoms with Crippen LogP contribution in [-0.4, -0.2) is 31.1 Å². The van der Waals surface area contributed by atoms with Crippen molar-refractivity contribution in [2.75, 3.05) is 10.8 Å². The average molecular weight is 471 g/mol. The van der Waals surface area contributed by atoms with Gasteiger partial charge in [0.2, 0.25) is 0 Å². The van der Waals surface area contributed by atoms with E-state index in [2.05, 4.69) is 6.07 Å². The van der Waals surface area contributed by atoms with Gasteiger partial charge in [-0.25, -0.2) is 4.98 Å². The number of thioether (sulfide) groups is 1. The Morgan fingerprint density at radius 1 is 1.16 bits per heavy atom. The predicted octanol–water partition coefficient (Wildman–Crippen LogP) is 5.79. The zero-order valence-corrected chi connectivity index (χ0v) is 19.3. The second-order valence-corrected chi connectivity index (χ2v) is 10.7. The molecule has 0 bridgehead atoms. The molecule has 5 nitrogen and oxygen atoms in total. The van der Waals surface area contributed by atoms with Gasteiger partial charge in [-0.3, -0.25) is 9.00 Å². The fourth-order valence-corrected chi connectivity index (χ4v) is 6.15. The first-order valence-electron chi connectivity index (χ1n) is 9.82. The third kappa shape index (κ3) is 6.76. The number of nitrogens with zero attached hydrogens (tertiary/aromatic N) is 2. The van der Waals surface area contributed by atoms with Crippen LogP contribution in [0.2, 0.25) is 0 Å². The summed E-state index contributed by atoms with van der Waals surface area (Å²) < 4.78 is 12.4. The van der Waals surface area contributed by atoms with E-state index in [1.165, 1.54) is 11.8 Å². The maximum atomic E-state index is 12.4. The van der Waals surface area contributed by atoms with Crippen LogP contribution < -0.4 is 0 Å². The summed E-state index contributed by atoms with van der Waals surface area (Å²) >= 11 is 2.93. The molecule has 8 heteroatoms. The number of nitriles is 1. The van der Waals surface area contributed by atoms with E-state index in [-0.39, 0.29) is 6.42 Å². The molecule has 0 aliphatic heterocycles. The van der Waals surface area contributed by atoms with Crippen molar-refractivity contribution in [1.82, 2.24) is 4.98 Å². The molecule has 0 aliphatic rings. The van der Waals surface area contributed by atoms with E-state index in [4.69, 9.17) is 10.1 Å². The molecule has 1 unspecified atom stereocenters. The predicted molar refractivity (Wildman–Crippen MR) is 128 cm³/mol. The molecule has 0 saturated carbocycles. The highest BCUT2D eigenvalue weighted by atomic mass is 32.2. The Kier molecular flexibility index (Phi) is 8.83. The van der Waals surface area contributed by atoms with Gasteiger partial charge >= 0.3 is 5.97 Å².